The summed E-state index contributed by atoms with van der Waals surface area (Å²) in [6.07, 6.45) is 0. The van der Waals surface area contributed by atoms with Crippen molar-refractivity contribution < 1.29 is 0 Å². The van der Waals surface area contributed by atoms with E-state index < -0.39 is 0 Å². The maximum absolute atomic E-state index is 4.31. The predicted molar refractivity (Wildman–Crippen MR) is 106 cm³/mol. The van der Waals surface area contributed by atoms with Crippen LogP contribution in [0.25, 0.3) is 0 Å². The van der Waals surface area contributed by atoms with E-state index in [1.165, 1.54) is 0 Å². The minimum Gasteiger partial charge on any atom is -0.346 e. The molecule has 0 saturated carbocycles. The summed E-state index contributed by atoms with van der Waals surface area (Å²) in [4.78, 5) is 10.2. The zero-order valence-corrected chi connectivity index (χ0v) is 14.4. The van der Waals surface area contributed by atoms with Crippen LogP contribution in [-0.4, -0.2) is 43.6 Å². The first kappa shape index (κ1) is 19.7. The van der Waals surface area contributed by atoms with E-state index in [2.05, 4.69) is 116 Å². The highest BCUT2D eigenvalue weighted by Crippen LogP contribution is 1.99. The molecule has 0 aliphatic carbocycles. The van der Waals surface area contributed by atoms with Gasteiger partial charge in [-0.2, -0.15) is 0 Å². The molecule has 0 fully saturated rings. The summed E-state index contributed by atoms with van der Waals surface area (Å²) in [6.45, 7) is 8.20. The van der Waals surface area contributed by atoms with Crippen LogP contribution in [0.4, 0.5) is 0 Å². The Morgan fingerprint density at radius 3 is 1.85 bits per heavy atom. The molecule has 0 aromatic rings. The number of hydrogen-bond acceptors (Lipinski definition) is 3. The number of amidine groups is 1. The molecule has 1 aliphatic rings. The average Bonchev–Trinajstić information content (AvgIpc) is 3.10. The topological polar surface area (TPSA) is 28.0 Å². The molecule has 3 nitrogen and oxygen atoms in total. The van der Waals surface area contributed by atoms with Gasteiger partial charge >= 0.3 is 0 Å². The zero-order valence-electron chi connectivity index (χ0n) is 14.4. The molecule has 0 radical (unpaired) electrons. The maximum atomic E-state index is 4.31. The zero-order chi connectivity index (χ0) is 18.7. The van der Waals surface area contributed by atoms with E-state index in [4.69, 9.17) is 0 Å². The van der Waals surface area contributed by atoms with Crippen LogP contribution >= 0.6 is 0 Å². The fraction of sp³-hybridized carbons (Fsp3) is 0.217. The average molecular weight is 331 g/mol. The molecule has 0 spiro atoms. The van der Waals surface area contributed by atoms with E-state index in [0.717, 1.165) is 25.5 Å². The predicted octanol–water partition coefficient (Wildman–Crippen LogP) is 0.448. The summed E-state index contributed by atoms with van der Waals surface area (Å²) in [5, 5.41) is 0. The molecule has 1 heterocycles. The third kappa shape index (κ3) is 9.60. The Labute approximate surface area is 155 Å². The van der Waals surface area contributed by atoms with Gasteiger partial charge in [0.2, 0.25) is 0 Å². The fourth-order valence-electron chi connectivity index (χ4n) is 1.53. The van der Waals surface area contributed by atoms with Gasteiger partial charge < -0.3 is 4.90 Å². The van der Waals surface area contributed by atoms with Crippen LogP contribution in [0.2, 0.25) is 0 Å². The molecule has 0 unspecified atom stereocenters. The van der Waals surface area contributed by atoms with Crippen LogP contribution in [-0.2, 0) is 0 Å². The molecule has 1 rings (SSSR count). The van der Waals surface area contributed by atoms with Crippen molar-refractivity contribution in [2.45, 2.75) is 6.92 Å². The van der Waals surface area contributed by atoms with Gasteiger partial charge in [0.1, 0.15) is 0 Å². The Kier molecular flexibility index (Phi) is 10.8. The Bertz CT molecular complexity index is 1060. The van der Waals surface area contributed by atoms with Gasteiger partial charge in [-0.25, -0.2) is 0 Å². The Morgan fingerprint density at radius 1 is 0.846 bits per heavy atom. The van der Waals surface area contributed by atoms with Gasteiger partial charge in [0.25, 0.3) is 0 Å². The quantitative estimate of drug-likeness (QED) is 0.545. The molecule has 26 heavy (non-hydrogen) atoms. The molecule has 0 amide bonds. The molecule has 0 N–H and O–H groups in total. The van der Waals surface area contributed by atoms with Crippen LogP contribution < -0.4 is 0 Å². The van der Waals surface area contributed by atoms with Crippen molar-refractivity contribution in [3.63, 3.8) is 0 Å². The van der Waals surface area contributed by atoms with Gasteiger partial charge in [-0.3, -0.25) is 9.98 Å². The molecule has 1 aliphatic heterocycles. The molecule has 0 aromatic heterocycles. The van der Waals surface area contributed by atoms with Crippen molar-refractivity contribution in [3.8, 4) is 94.7 Å². The summed E-state index contributed by atoms with van der Waals surface area (Å²) >= 11 is 0. The second kappa shape index (κ2) is 14.2. The Hall–Kier alpha value is -4.38. The molecule has 3 heteroatoms. The first-order chi connectivity index (χ1) is 12.9. The third-order valence-electron chi connectivity index (χ3n) is 2.57. The monoisotopic (exact) mass is 331 g/mol. The number of hydrogen-bond donors (Lipinski definition) is 0. The van der Waals surface area contributed by atoms with Crippen LogP contribution in [0, 0.1) is 94.7 Å². The van der Waals surface area contributed by atoms with Crippen molar-refractivity contribution in [3.05, 3.63) is 0 Å². The summed E-state index contributed by atoms with van der Waals surface area (Å²) < 4.78 is 0. The van der Waals surface area contributed by atoms with Gasteiger partial charge in [0.15, 0.2) is 5.84 Å². The Morgan fingerprint density at radius 2 is 1.35 bits per heavy atom. The van der Waals surface area contributed by atoms with Gasteiger partial charge in [-0.1, -0.05) is 5.92 Å². The molecular weight excluding hydrogens is 318 g/mol. The van der Waals surface area contributed by atoms with E-state index >= 15 is 0 Å². The van der Waals surface area contributed by atoms with E-state index in [1.807, 2.05) is 0 Å². The lowest BCUT2D eigenvalue weighted by atomic mass is 10.4. The summed E-state index contributed by atoms with van der Waals surface area (Å²) in [5.74, 6) is 42.3. The lowest BCUT2D eigenvalue weighted by Gasteiger charge is -2.14. The van der Waals surface area contributed by atoms with Crippen LogP contribution in [0.3, 0.4) is 0 Å². The van der Waals surface area contributed by atoms with Gasteiger partial charge in [-0.05, 0) is 102 Å². The third-order valence-corrected chi connectivity index (χ3v) is 2.57. The first-order valence-corrected chi connectivity index (χ1v) is 7.53. The van der Waals surface area contributed by atoms with Crippen molar-refractivity contribution in [2.24, 2.45) is 9.98 Å². The maximum Gasteiger partial charge on any atom is 0.177 e. The van der Waals surface area contributed by atoms with E-state index in [0.29, 0.717) is 6.54 Å². The molecule has 0 atom stereocenters. The normalized spacial score (nSPS) is 9.12. The highest BCUT2D eigenvalue weighted by molar-refractivity contribution is 6.00. The molecule has 0 bridgehead atoms. The smallest absolute Gasteiger partial charge is 0.177 e. The molecule has 0 saturated heterocycles. The standard InChI is InChI=1S/C23H13N3/c1-3-4-5-6-7-8-9-10-11-12-13-14-15-16-17-18-23-25-20-22-26(23)21-19-24-2/h2,19-22H2,1H3. The van der Waals surface area contributed by atoms with Crippen LogP contribution in [0.5, 0.6) is 0 Å². The van der Waals surface area contributed by atoms with Crippen LogP contribution in [0.1, 0.15) is 6.92 Å². The minimum atomic E-state index is 0.659. The summed E-state index contributed by atoms with van der Waals surface area (Å²) in [5.41, 5.74) is 0. The lowest BCUT2D eigenvalue weighted by Crippen LogP contribution is -2.29. The Balaban J connectivity index is 2.47. The second-order valence-corrected chi connectivity index (χ2v) is 4.26. The fourth-order valence-corrected chi connectivity index (χ4v) is 1.53. The molecule has 0 aromatic carbocycles. The SMILES string of the molecule is C=NCCN1CCN=C1C#CC#CC#CC#CC#CC#CC#CC#CC. The van der Waals surface area contributed by atoms with Crippen LogP contribution in [0.15, 0.2) is 9.98 Å². The van der Waals surface area contributed by atoms with E-state index in [-0.39, 0.29) is 0 Å². The minimum absolute atomic E-state index is 0.659. The van der Waals surface area contributed by atoms with Gasteiger partial charge in [0, 0.05) is 13.1 Å². The summed E-state index contributed by atoms with van der Waals surface area (Å²) in [7, 11) is 0. The van der Waals surface area contributed by atoms with Crippen molar-refractivity contribution in [1.29, 1.82) is 0 Å². The van der Waals surface area contributed by atoms with E-state index in [1.54, 1.807) is 6.92 Å². The number of rotatable bonds is 3. The summed E-state index contributed by atoms with van der Waals surface area (Å²) in [6, 6.07) is 0. The number of aliphatic imine (C=N–C) groups is 2. The van der Waals surface area contributed by atoms with E-state index in [9.17, 15) is 0 Å². The highest BCUT2D eigenvalue weighted by atomic mass is 15.2. The first-order valence-electron chi connectivity index (χ1n) is 7.53. The second-order valence-electron chi connectivity index (χ2n) is 4.26. The number of nitrogens with zero attached hydrogens (tertiary/aromatic N) is 3. The highest BCUT2D eigenvalue weighted by Gasteiger charge is 2.13. The van der Waals surface area contributed by atoms with Gasteiger partial charge in [0.05, 0.1) is 13.1 Å². The van der Waals surface area contributed by atoms with Crippen molar-refractivity contribution in [2.75, 3.05) is 26.2 Å². The molecular formula is C23H13N3. The largest absolute Gasteiger partial charge is 0.346 e. The van der Waals surface area contributed by atoms with Crippen molar-refractivity contribution >= 4 is 12.6 Å². The van der Waals surface area contributed by atoms with Crippen molar-refractivity contribution in [1.82, 2.24) is 4.90 Å². The molecule has 120 valence electrons. The van der Waals surface area contributed by atoms with Gasteiger partial charge in [-0.15, -0.1) is 0 Å². The lowest BCUT2D eigenvalue weighted by molar-refractivity contribution is 0.472.